The Morgan fingerprint density at radius 3 is 2.75 bits per heavy atom. The Morgan fingerprint density at radius 2 is 2.31 bits per heavy atom. The van der Waals surface area contributed by atoms with Gasteiger partial charge in [0.25, 0.3) is 0 Å². The number of carboxylic acid groups (broad SMARTS) is 1. The van der Waals surface area contributed by atoms with Crippen LogP contribution in [0.15, 0.2) is 22.7 Å². The molecule has 1 aromatic rings. The van der Waals surface area contributed by atoms with E-state index in [0.29, 0.717) is 28.5 Å². The van der Waals surface area contributed by atoms with Crippen molar-refractivity contribution in [2.45, 2.75) is 19.4 Å². The Hall–Kier alpha value is -1.36. The predicted octanol–water partition coefficient (Wildman–Crippen LogP) is 2.50. The third-order valence-electron chi connectivity index (χ3n) is 2.01. The molecule has 5 heteroatoms. The molecule has 0 aliphatic rings. The van der Waals surface area contributed by atoms with Gasteiger partial charge in [-0.05, 0) is 40.5 Å². The highest BCUT2D eigenvalue weighted by molar-refractivity contribution is 9.10. The molecule has 0 spiro atoms. The highest BCUT2D eigenvalue weighted by Crippen LogP contribution is 2.26. The first-order valence-corrected chi connectivity index (χ1v) is 5.52. The normalized spacial score (nSPS) is 11.9. The van der Waals surface area contributed by atoms with E-state index >= 15 is 0 Å². The molecule has 86 valence electrons. The van der Waals surface area contributed by atoms with Crippen LogP contribution >= 0.6 is 15.9 Å². The molecule has 1 N–H and O–H groups in total. The quantitative estimate of drug-likeness (QED) is 0.845. The molecule has 0 saturated carbocycles. The fraction of sp³-hybridized carbons (Fsp3) is 0.273. The molecule has 1 unspecified atom stereocenters. The van der Waals surface area contributed by atoms with Crippen molar-refractivity contribution < 1.29 is 19.4 Å². The van der Waals surface area contributed by atoms with E-state index < -0.39 is 12.1 Å². The van der Waals surface area contributed by atoms with E-state index in [4.69, 9.17) is 9.84 Å². The van der Waals surface area contributed by atoms with E-state index in [1.54, 1.807) is 25.1 Å². The number of rotatable bonds is 5. The largest absolute Gasteiger partial charge is 0.479 e. The fourth-order valence-corrected chi connectivity index (χ4v) is 1.64. The molecule has 0 heterocycles. The predicted molar refractivity (Wildman–Crippen MR) is 61.9 cm³/mol. The van der Waals surface area contributed by atoms with Crippen LogP contribution in [-0.2, 0) is 4.79 Å². The lowest BCUT2D eigenvalue weighted by atomic mass is 10.2. The van der Waals surface area contributed by atoms with Crippen molar-refractivity contribution in [3.63, 3.8) is 0 Å². The average molecular weight is 287 g/mol. The molecule has 1 rings (SSSR count). The first-order chi connectivity index (χ1) is 7.58. The van der Waals surface area contributed by atoms with E-state index in [9.17, 15) is 9.59 Å². The maximum absolute atomic E-state index is 10.8. The van der Waals surface area contributed by atoms with Crippen LogP contribution in [0, 0.1) is 0 Å². The van der Waals surface area contributed by atoms with Crippen molar-refractivity contribution in [2.24, 2.45) is 0 Å². The lowest BCUT2D eigenvalue weighted by molar-refractivity contribution is -0.145. The molecule has 1 aromatic carbocycles. The summed E-state index contributed by atoms with van der Waals surface area (Å²) >= 11 is 3.22. The van der Waals surface area contributed by atoms with Crippen LogP contribution in [0.5, 0.6) is 5.75 Å². The molecule has 0 aliphatic heterocycles. The fourth-order valence-electron chi connectivity index (χ4n) is 1.15. The van der Waals surface area contributed by atoms with Crippen LogP contribution in [0.2, 0.25) is 0 Å². The molecule has 0 fully saturated rings. The SMILES string of the molecule is CCC(Oc1ccc(C=O)cc1Br)C(=O)O. The van der Waals surface area contributed by atoms with Gasteiger partial charge in [-0.1, -0.05) is 6.92 Å². The van der Waals surface area contributed by atoms with Crippen LogP contribution in [0.3, 0.4) is 0 Å². The Kier molecular flexibility index (Phi) is 4.49. The van der Waals surface area contributed by atoms with Crippen molar-refractivity contribution in [3.8, 4) is 5.75 Å². The number of ether oxygens (including phenoxy) is 1. The van der Waals surface area contributed by atoms with E-state index in [1.807, 2.05) is 0 Å². The van der Waals surface area contributed by atoms with Gasteiger partial charge in [-0.25, -0.2) is 4.79 Å². The standard InChI is InChI=1S/C11H11BrO4/c1-2-9(11(14)15)16-10-4-3-7(6-13)5-8(10)12/h3-6,9H,2H2,1H3,(H,14,15). The van der Waals surface area contributed by atoms with Gasteiger partial charge in [0.15, 0.2) is 6.10 Å². The zero-order valence-corrected chi connectivity index (χ0v) is 10.2. The van der Waals surface area contributed by atoms with Crippen molar-refractivity contribution in [3.05, 3.63) is 28.2 Å². The van der Waals surface area contributed by atoms with Crippen LogP contribution in [-0.4, -0.2) is 23.5 Å². The molecular weight excluding hydrogens is 276 g/mol. The third kappa shape index (κ3) is 3.06. The van der Waals surface area contributed by atoms with Crippen LogP contribution in [0.4, 0.5) is 0 Å². The van der Waals surface area contributed by atoms with Gasteiger partial charge in [0.1, 0.15) is 12.0 Å². The average Bonchev–Trinajstić information content (AvgIpc) is 2.26. The summed E-state index contributed by atoms with van der Waals surface area (Å²) in [5, 5.41) is 8.83. The summed E-state index contributed by atoms with van der Waals surface area (Å²) in [6.45, 7) is 1.73. The van der Waals surface area contributed by atoms with Gasteiger partial charge < -0.3 is 9.84 Å². The first-order valence-electron chi connectivity index (χ1n) is 4.72. The number of carboxylic acids is 1. The maximum Gasteiger partial charge on any atom is 0.344 e. The molecule has 4 nitrogen and oxygen atoms in total. The van der Waals surface area contributed by atoms with Gasteiger partial charge in [0.05, 0.1) is 4.47 Å². The van der Waals surface area contributed by atoms with Crippen LogP contribution < -0.4 is 4.74 Å². The number of hydrogen-bond donors (Lipinski definition) is 1. The Bertz CT molecular complexity index is 403. The second kappa shape index (κ2) is 5.65. The summed E-state index contributed by atoms with van der Waals surface area (Å²) in [7, 11) is 0. The summed E-state index contributed by atoms with van der Waals surface area (Å²) in [6.07, 6.45) is 0.207. The first kappa shape index (κ1) is 12.7. The Morgan fingerprint density at radius 1 is 1.62 bits per heavy atom. The summed E-state index contributed by atoms with van der Waals surface area (Å²) in [4.78, 5) is 21.3. The minimum atomic E-state index is -1.01. The smallest absolute Gasteiger partial charge is 0.344 e. The third-order valence-corrected chi connectivity index (χ3v) is 2.63. The van der Waals surface area contributed by atoms with Crippen LogP contribution in [0.25, 0.3) is 0 Å². The summed E-state index contributed by atoms with van der Waals surface area (Å²) in [6, 6.07) is 4.72. The van der Waals surface area contributed by atoms with Crippen molar-refractivity contribution >= 4 is 28.2 Å². The van der Waals surface area contributed by atoms with Gasteiger partial charge in [0.2, 0.25) is 0 Å². The van der Waals surface area contributed by atoms with Gasteiger partial charge in [-0.15, -0.1) is 0 Å². The lowest BCUT2D eigenvalue weighted by Gasteiger charge is -2.14. The van der Waals surface area contributed by atoms with Crippen molar-refractivity contribution in [1.29, 1.82) is 0 Å². The number of hydrogen-bond acceptors (Lipinski definition) is 3. The van der Waals surface area contributed by atoms with E-state index in [2.05, 4.69) is 15.9 Å². The number of carbonyl (C=O) groups is 2. The zero-order chi connectivity index (χ0) is 12.1. The molecular formula is C11H11BrO4. The zero-order valence-electron chi connectivity index (χ0n) is 8.64. The second-order valence-corrected chi connectivity index (χ2v) is 4.02. The highest BCUT2D eigenvalue weighted by atomic mass is 79.9. The number of benzene rings is 1. The van der Waals surface area contributed by atoms with E-state index in [0.717, 1.165) is 0 Å². The minimum Gasteiger partial charge on any atom is -0.479 e. The molecule has 0 aliphatic carbocycles. The molecule has 16 heavy (non-hydrogen) atoms. The van der Waals surface area contributed by atoms with Gasteiger partial charge in [0, 0.05) is 5.56 Å². The molecule has 0 saturated heterocycles. The number of aliphatic carboxylic acids is 1. The monoisotopic (exact) mass is 286 g/mol. The van der Waals surface area contributed by atoms with Gasteiger partial charge >= 0.3 is 5.97 Å². The topological polar surface area (TPSA) is 63.6 Å². The van der Waals surface area contributed by atoms with Crippen molar-refractivity contribution in [2.75, 3.05) is 0 Å². The summed E-state index contributed by atoms with van der Waals surface area (Å²) < 4.78 is 5.86. The summed E-state index contributed by atoms with van der Waals surface area (Å²) in [5.41, 5.74) is 0.502. The highest BCUT2D eigenvalue weighted by Gasteiger charge is 2.17. The second-order valence-electron chi connectivity index (χ2n) is 3.16. The molecule has 0 radical (unpaired) electrons. The van der Waals surface area contributed by atoms with Crippen LogP contribution in [0.1, 0.15) is 23.7 Å². The van der Waals surface area contributed by atoms with Crippen molar-refractivity contribution in [1.82, 2.24) is 0 Å². The molecule has 0 bridgehead atoms. The molecule has 0 aromatic heterocycles. The van der Waals surface area contributed by atoms with Gasteiger partial charge in [-0.2, -0.15) is 0 Å². The number of carbonyl (C=O) groups excluding carboxylic acids is 1. The lowest BCUT2D eigenvalue weighted by Crippen LogP contribution is -2.26. The Balaban J connectivity index is 2.88. The van der Waals surface area contributed by atoms with Gasteiger partial charge in [-0.3, -0.25) is 4.79 Å². The minimum absolute atomic E-state index is 0.372. The number of halogens is 1. The Labute approximate surface area is 101 Å². The molecule has 0 amide bonds. The van der Waals surface area contributed by atoms with E-state index in [-0.39, 0.29) is 0 Å². The maximum atomic E-state index is 10.8. The number of aldehydes is 1. The van der Waals surface area contributed by atoms with E-state index in [1.165, 1.54) is 0 Å². The molecule has 1 atom stereocenters. The summed E-state index contributed by atoms with van der Waals surface area (Å²) in [5.74, 6) is -0.589.